The fraction of sp³-hybridized carbons (Fsp3) is 0.0556. The van der Waals surface area contributed by atoms with Crippen LogP contribution in [0.4, 0.5) is 0 Å². The van der Waals surface area contributed by atoms with Crippen LogP contribution in [-0.4, -0.2) is 18.4 Å². The predicted molar refractivity (Wildman–Crippen MR) is 98.0 cm³/mol. The molecule has 2 heterocycles. The number of nitrogens with two attached hydrogens (primary N) is 1. The number of rotatable bonds is 2. The molecule has 2 aromatic heterocycles. The maximum atomic E-state index is 12.4. The highest BCUT2D eigenvalue weighted by molar-refractivity contribution is 7.89. The highest BCUT2D eigenvalue weighted by atomic mass is 32.2. The molecule has 4 rings (SSSR count). The van der Waals surface area contributed by atoms with Crippen molar-refractivity contribution < 1.29 is 8.42 Å². The van der Waals surface area contributed by atoms with Crippen LogP contribution >= 0.6 is 0 Å². The van der Waals surface area contributed by atoms with Crippen LogP contribution < -0.4 is 10.7 Å². The molecule has 0 aliphatic carbocycles. The van der Waals surface area contributed by atoms with Gasteiger partial charge in [0.25, 0.3) is 5.56 Å². The molecule has 0 amide bonds. The normalized spacial score (nSPS) is 12.1. The van der Waals surface area contributed by atoms with Crippen molar-refractivity contribution in [3.8, 4) is 11.1 Å². The molecule has 4 aromatic rings. The summed E-state index contributed by atoms with van der Waals surface area (Å²) in [5.41, 5.74) is 3.92. The first-order valence-corrected chi connectivity index (χ1v) is 9.17. The predicted octanol–water partition coefficient (Wildman–Crippen LogP) is 2.63. The first-order valence-electron chi connectivity index (χ1n) is 7.63. The number of hydrogen-bond acceptors (Lipinski definition) is 3. The molecule has 0 bridgehead atoms. The van der Waals surface area contributed by atoms with Crippen molar-refractivity contribution in [1.82, 2.24) is 9.97 Å². The van der Waals surface area contributed by atoms with Gasteiger partial charge in [-0.25, -0.2) is 13.6 Å². The second-order valence-corrected chi connectivity index (χ2v) is 7.51. The molecule has 0 saturated carbocycles. The molecule has 0 saturated heterocycles. The maximum absolute atomic E-state index is 12.4. The topological polar surface area (TPSA) is 109 Å². The van der Waals surface area contributed by atoms with E-state index in [4.69, 9.17) is 5.14 Å². The molecule has 2 aromatic carbocycles. The van der Waals surface area contributed by atoms with Gasteiger partial charge in [0.15, 0.2) is 0 Å². The van der Waals surface area contributed by atoms with E-state index in [2.05, 4.69) is 9.97 Å². The number of aromatic amines is 2. The van der Waals surface area contributed by atoms with Gasteiger partial charge in [0.1, 0.15) is 0 Å². The summed E-state index contributed by atoms with van der Waals surface area (Å²) in [7, 11) is -3.83. The lowest BCUT2D eigenvalue weighted by Gasteiger charge is -2.09. The Morgan fingerprint density at radius 1 is 0.960 bits per heavy atom. The zero-order valence-corrected chi connectivity index (χ0v) is 14.1. The van der Waals surface area contributed by atoms with Crippen molar-refractivity contribution in [2.45, 2.75) is 11.8 Å². The Morgan fingerprint density at radius 3 is 2.48 bits per heavy atom. The SMILES string of the molecule is Cc1c(-c2cccc(S(N)(=O)=O)c2)c2[nH]c3ccccc3c2[nH]c1=O. The number of hydrogen-bond donors (Lipinski definition) is 3. The molecule has 0 atom stereocenters. The Kier molecular flexibility index (Phi) is 3.31. The Balaban J connectivity index is 2.15. The largest absolute Gasteiger partial charge is 0.353 e. The van der Waals surface area contributed by atoms with E-state index < -0.39 is 10.0 Å². The van der Waals surface area contributed by atoms with Crippen LogP contribution in [0.5, 0.6) is 0 Å². The molecule has 0 fully saturated rings. The van der Waals surface area contributed by atoms with Crippen molar-refractivity contribution in [1.29, 1.82) is 0 Å². The molecule has 0 radical (unpaired) electrons. The standard InChI is InChI=1S/C18H15N3O3S/c1-10-15(11-5-4-6-12(9-11)25(19,23)24)17-16(21-18(10)22)13-7-2-3-8-14(13)20-17/h2-9,20H,1H3,(H,21,22)(H2,19,23,24). The molecule has 4 N–H and O–H groups in total. The number of H-pyrrole nitrogens is 2. The Hall–Kier alpha value is -2.90. The van der Waals surface area contributed by atoms with E-state index in [0.717, 1.165) is 16.4 Å². The van der Waals surface area contributed by atoms with Crippen molar-refractivity contribution in [2.75, 3.05) is 0 Å². The number of fused-ring (bicyclic) bond motifs is 3. The summed E-state index contributed by atoms with van der Waals surface area (Å²) >= 11 is 0. The summed E-state index contributed by atoms with van der Waals surface area (Å²) in [6.07, 6.45) is 0. The van der Waals surface area contributed by atoms with E-state index >= 15 is 0 Å². The molecule has 7 heteroatoms. The average molecular weight is 353 g/mol. The van der Waals surface area contributed by atoms with Crippen LogP contribution in [0, 0.1) is 6.92 Å². The molecule has 0 unspecified atom stereocenters. The summed E-state index contributed by atoms with van der Waals surface area (Å²) in [5, 5.41) is 6.14. The van der Waals surface area contributed by atoms with E-state index in [0.29, 0.717) is 22.2 Å². The molecule has 6 nitrogen and oxygen atoms in total. The zero-order chi connectivity index (χ0) is 17.8. The summed E-state index contributed by atoms with van der Waals surface area (Å²) in [5.74, 6) is 0. The third-order valence-electron chi connectivity index (χ3n) is 4.36. The number of aromatic nitrogens is 2. The van der Waals surface area contributed by atoms with Crippen molar-refractivity contribution in [2.24, 2.45) is 5.14 Å². The van der Waals surface area contributed by atoms with Crippen molar-refractivity contribution >= 4 is 32.0 Å². The Bertz CT molecular complexity index is 1300. The number of benzene rings is 2. The van der Waals surface area contributed by atoms with E-state index in [-0.39, 0.29) is 10.5 Å². The monoisotopic (exact) mass is 353 g/mol. The molecule has 0 aliphatic heterocycles. The van der Waals surface area contributed by atoms with Gasteiger partial charge in [0.2, 0.25) is 10.0 Å². The second kappa shape index (κ2) is 5.30. The zero-order valence-electron chi connectivity index (χ0n) is 13.3. The van der Waals surface area contributed by atoms with E-state index in [1.165, 1.54) is 12.1 Å². The highest BCUT2D eigenvalue weighted by Crippen LogP contribution is 2.33. The van der Waals surface area contributed by atoms with Gasteiger partial charge in [-0.15, -0.1) is 0 Å². The number of nitrogens with one attached hydrogen (secondary N) is 2. The van der Waals surface area contributed by atoms with Gasteiger partial charge in [-0.1, -0.05) is 30.3 Å². The molecule has 0 aliphatic rings. The first kappa shape index (κ1) is 15.6. The molecule has 25 heavy (non-hydrogen) atoms. The lowest BCUT2D eigenvalue weighted by Crippen LogP contribution is -2.13. The van der Waals surface area contributed by atoms with Gasteiger partial charge in [-0.05, 0) is 30.7 Å². The van der Waals surface area contributed by atoms with Crippen molar-refractivity contribution in [3.05, 3.63) is 64.4 Å². The summed E-state index contributed by atoms with van der Waals surface area (Å²) < 4.78 is 23.3. The summed E-state index contributed by atoms with van der Waals surface area (Å²) in [6, 6.07) is 14.0. The van der Waals surface area contributed by atoms with E-state index in [1.54, 1.807) is 19.1 Å². The minimum atomic E-state index is -3.83. The van der Waals surface area contributed by atoms with Gasteiger partial charge < -0.3 is 9.97 Å². The second-order valence-electron chi connectivity index (χ2n) is 5.95. The van der Waals surface area contributed by atoms with Crippen LogP contribution in [0.15, 0.2) is 58.2 Å². The maximum Gasteiger partial charge on any atom is 0.252 e. The lowest BCUT2D eigenvalue weighted by molar-refractivity contribution is 0.598. The molecular weight excluding hydrogens is 338 g/mol. The van der Waals surface area contributed by atoms with Crippen LogP contribution in [0.2, 0.25) is 0 Å². The lowest BCUT2D eigenvalue weighted by atomic mass is 10.0. The average Bonchev–Trinajstić information content (AvgIpc) is 2.93. The van der Waals surface area contributed by atoms with E-state index in [9.17, 15) is 13.2 Å². The summed E-state index contributed by atoms with van der Waals surface area (Å²) in [6.45, 7) is 1.71. The van der Waals surface area contributed by atoms with Gasteiger partial charge in [-0.3, -0.25) is 4.79 Å². The van der Waals surface area contributed by atoms with Crippen LogP contribution in [-0.2, 0) is 10.0 Å². The smallest absolute Gasteiger partial charge is 0.252 e. The van der Waals surface area contributed by atoms with Gasteiger partial charge in [0.05, 0.1) is 15.9 Å². The first-order chi connectivity index (χ1) is 11.9. The number of para-hydroxylation sites is 1. The Morgan fingerprint density at radius 2 is 1.72 bits per heavy atom. The van der Waals surface area contributed by atoms with E-state index in [1.807, 2.05) is 24.3 Å². The van der Waals surface area contributed by atoms with Crippen LogP contribution in [0.25, 0.3) is 33.1 Å². The quantitative estimate of drug-likeness (QED) is 0.515. The molecule has 0 spiro atoms. The van der Waals surface area contributed by atoms with Crippen LogP contribution in [0.3, 0.4) is 0 Å². The summed E-state index contributed by atoms with van der Waals surface area (Å²) in [4.78, 5) is 18.7. The third kappa shape index (κ3) is 2.45. The van der Waals surface area contributed by atoms with Gasteiger partial charge in [-0.2, -0.15) is 0 Å². The number of pyridine rings is 1. The number of sulfonamides is 1. The highest BCUT2D eigenvalue weighted by Gasteiger charge is 2.17. The van der Waals surface area contributed by atoms with Gasteiger partial charge >= 0.3 is 0 Å². The van der Waals surface area contributed by atoms with Crippen molar-refractivity contribution in [3.63, 3.8) is 0 Å². The molecular formula is C18H15N3O3S. The minimum Gasteiger partial charge on any atom is -0.353 e. The Labute approximate surface area is 143 Å². The fourth-order valence-corrected chi connectivity index (χ4v) is 3.72. The van der Waals surface area contributed by atoms with Crippen LogP contribution in [0.1, 0.15) is 5.56 Å². The molecule has 126 valence electrons. The minimum absolute atomic E-state index is 0.00828. The fourth-order valence-electron chi connectivity index (χ4n) is 3.16. The van der Waals surface area contributed by atoms with Gasteiger partial charge in [0, 0.05) is 22.0 Å². The third-order valence-corrected chi connectivity index (χ3v) is 5.27. The number of primary sulfonamides is 1.